The van der Waals surface area contributed by atoms with Crippen LogP contribution >= 0.6 is 0 Å². The Morgan fingerprint density at radius 1 is 1.21 bits per heavy atom. The summed E-state index contributed by atoms with van der Waals surface area (Å²) in [6, 6.07) is 4.33. The van der Waals surface area contributed by atoms with Crippen molar-refractivity contribution in [2.24, 2.45) is 0 Å². The third kappa shape index (κ3) is 4.74. The first kappa shape index (κ1) is 15.2. The number of carbonyl (C=O) groups excluding carboxylic acids is 1. The standard InChI is InChI=1S/C17H22O2/c1-6-19-17(18)11-12(2)7-8-16-14(4)9-13(3)10-15(16)5/h7-11H,6H2,1-5H3/b8-7+,12-11-. The molecule has 0 radical (unpaired) electrons. The van der Waals surface area contributed by atoms with Crippen molar-refractivity contribution < 1.29 is 9.53 Å². The number of esters is 1. The highest BCUT2D eigenvalue weighted by atomic mass is 16.5. The monoisotopic (exact) mass is 258 g/mol. The number of aryl methyl sites for hydroxylation is 3. The second-order valence-corrected chi connectivity index (χ2v) is 4.79. The summed E-state index contributed by atoms with van der Waals surface area (Å²) in [5, 5.41) is 0. The number of benzene rings is 1. The van der Waals surface area contributed by atoms with E-state index in [-0.39, 0.29) is 5.97 Å². The van der Waals surface area contributed by atoms with Crippen LogP contribution < -0.4 is 0 Å². The van der Waals surface area contributed by atoms with Gasteiger partial charge in [-0.25, -0.2) is 4.79 Å². The predicted molar refractivity (Wildman–Crippen MR) is 80.1 cm³/mol. The van der Waals surface area contributed by atoms with Gasteiger partial charge in [0.1, 0.15) is 0 Å². The van der Waals surface area contributed by atoms with Gasteiger partial charge in [-0.1, -0.05) is 29.8 Å². The molecule has 0 spiro atoms. The second kappa shape index (κ2) is 6.93. The van der Waals surface area contributed by atoms with E-state index < -0.39 is 0 Å². The van der Waals surface area contributed by atoms with E-state index in [2.05, 4.69) is 39.0 Å². The molecular weight excluding hydrogens is 236 g/mol. The van der Waals surface area contributed by atoms with Crippen LogP contribution in [0.25, 0.3) is 6.08 Å². The van der Waals surface area contributed by atoms with Crippen molar-refractivity contribution in [3.05, 3.63) is 52.1 Å². The molecule has 0 fully saturated rings. The maximum atomic E-state index is 11.3. The van der Waals surface area contributed by atoms with Gasteiger partial charge in [0.25, 0.3) is 0 Å². The molecule has 0 aliphatic carbocycles. The lowest BCUT2D eigenvalue weighted by molar-refractivity contribution is -0.137. The number of hydrogen-bond donors (Lipinski definition) is 0. The Hall–Kier alpha value is -1.83. The normalized spacial score (nSPS) is 11.9. The Morgan fingerprint density at radius 3 is 2.32 bits per heavy atom. The van der Waals surface area contributed by atoms with E-state index in [4.69, 9.17) is 4.74 Å². The fourth-order valence-corrected chi connectivity index (χ4v) is 2.09. The quantitative estimate of drug-likeness (QED) is 0.461. The van der Waals surface area contributed by atoms with Crippen molar-refractivity contribution in [3.63, 3.8) is 0 Å². The van der Waals surface area contributed by atoms with Crippen LogP contribution in [0.4, 0.5) is 0 Å². The minimum Gasteiger partial charge on any atom is -0.463 e. The average Bonchev–Trinajstić information content (AvgIpc) is 2.27. The number of ether oxygens (including phenoxy) is 1. The second-order valence-electron chi connectivity index (χ2n) is 4.79. The lowest BCUT2D eigenvalue weighted by atomic mass is 9.99. The Balaban J connectivity index is 2.91. The van der Waals surface area contributed by atoms with Gasteiger partial charge < -0.3 is 4.74 Å². The summed E-state index contributed by atoms with van der Waals surface area (Å²) in [6.45, 7) is 10.4. The van der Waals surface area contributed by atoms with Gasteiger partial charge in [0.15, 0.2) is 0 Å². The van der Waals surface area contributed by atoms with Gasteiger partial charge in [0.05, 0.1) is 6.61 Å². The average molecular weight is 258 g/mol. The molecule has 0 saturated heterocycles. The highest BCUT2D eigenvalue weighted by molar-refractivity contribution is 5.83. The minimum atomic E-state index is -0.290. The lowest BCUT2D eigenvalue weighted by Gasteiger charge is -2.07. The number of carbonyl (C=O) groups is 1. The molecular formula is C17H22O2. The fourth-order valence-electron chi connectivity index (χ4n) is 2.09. The van der Waals surface area contributed by atoms with Crippen molar-refractivity contribution in [3.8, 4) is 0 Å². The molecule has 0 saturated carbocycles. The van der Waals surface area contributed by atoms with Gasteiger partial charge in [0.2, 0.25) is 0 Å². The van der Waals surface area contributed by atoms with Crippen LogP contribution in [0.15, 0.2) is 29.9 Å². The SMILES string of the molecule is CCOC(=O)/C=C(C)\C=C\c1c(C)cc(C)cc1C. The molecule has 0 amide bonds. The Bertz CT molecular complexity index is 499. The molecule has 0 unspecified atom stereocenters. The molecule has 102 valence electrons. The van der Waals surface area contributed by atoms with Crippen molar-refractivity contribution in [1.82, 2.24) is 0 Å². The van der Waals surface area contributed by atoms with E-state index >= 15 is 0 Å². The van der Waals surface area contributed by atoms with Crippen LogP contribution in [0.3, 0.4) is 0 Å². The molecule has 0 bridgehead atoms. The zero-order valence-corrected chi connectivity index (χ0v) is 12.4. The molecule has 0 N–H and O–H groups in total. The van der Waals surface area contributed by atoms with Gasteiger partial charge >= 0.3 is 5.97 Å². The van der Waals surface area contributed by atoms with Gasteiger partial charge in [-0.3, -0.25) is 0 Å². The van der Waals surface area contributed by atoms with Crippen molar-refractivity contribution in [2.45, 2.75) is 34.6 Å². The first-order chi connectivity index (χ1) is 8.93. The van der Waals surface area contributed by atoms with Crippen LogP contribution in [-0.4, -0.2) is 12.6 Å². The van der Waals surface area contributed by atoms with Gasteiger partial charge in [-0.05, 0) is 56.9 Å². The lowest BCUT2D eigenvalue weighted by Crippen LogP contribution is -1.99. The molecule has 0 aromatic heterocycles. The van der Waals surface area contributed by atoms with Crippen molar-refractivity contribution in [1.29, 1.82) is 0 Å². The van der Waals surface area contributed by atoms with E-state index in [1.165, 1.54) is 28.3 Å². The van der Waals surface area contributed by atoms with Crippen LogP contribution in [0.2, 0.25) is 0 Å². The largest absolute Gasteiger partial charge is 0.463 e. The third-order valence-corrected chi connectivity index (χ3v) is 2.88. The van der Waals surface area contributed by atoms with Gasteiger partial charge in [0, 0.05) is 6.08 Å². The zero-order chi connectivity index (χ0) is 14.4. The zero-order valence-electron chi connectivity index (χ0n) is 12.4. The van der Waals surface area contributed by atoms with Crippen LogP contribution in [-0.2, 0) is 9.53 Å². The smallest absolute Gasteiger partial charge is 0.330 e. The van der Waals surface area contributed by atoms with Crippen LogP contribution in [0.5, 0.6) is 0 Å². The Labute approximate surface area is 115 Å². The van der Waals surface area contributed by atoms with Crippen molar-refractivity contribution in [2.75, 3.05) is 6.61 Å². The summed E-state index contributed by atoms with van der Waals surface area (Å²) in [6.07, 6.45) is 5.51. The molecule has 1 aromatic carbocycles. The third-order valence-electron chi connectivity index (χ3n) is 2.88. The summed E-state index contributed by atoms with van der Waals surface area (Å²) in [7, 11) is 0. The Kier molecular flexibility index (Phi) is 5.56. The maximum Gasteiger partial charge on any atom is 0.330 e. The fraction of sp³-hybridized carbons (Fsp3) is 0.353. The molecule has 1 rings (SSSR count). The molecule has 0 aliphatic heterocycles. The molecule has 2 heteroatoms. The van der Waals surface area contributed by atoms with Crippen LogP contribution in [0, 0.1) is 20.8 Å². The predicted octanol–water partition coefficient (Wildman–Crippen LogP) is 4.13. The molecule has 19 heavy (non-hydrogen) atoms. The van der Waals surface area contributed by atoms with Gasteiger partial charge in [-0.2, -0.15) is 0 Å². The first-order valence-electron chi connectivity index (χ1n) is 6.55. The number of allylic oxidation sites excluding steroid dienone is 2. The molecule has 0 heterocycles. The summed E-state index contributed by atoms with van der Waals surface area (Å²) < 4.78 is 4.88. The highest BCUT2D eigenvalue weighted by Crippen LogP contribution is 2.18. The van der Waals surface area contributed by atoms with Crippen molar-refractivity contribution >= 4 is 12.0 Å². The molecule has 1 aromatic rings. The first-order valence-corrected chi connectivity index (χ1v) is 6.55. The van der Waals surface area contributed by atoms with E-state index in [1.807, 2.05) is 13.0 Å². The van der Waals surface area contributed by atoms with E-state index in [1.54, 1.807) is 6.92 Å². The molecule has 0 aliphatic rings. The van der Waals surface area contributed by atoms with E-state index in [0.29, 0.717) is 6.61 Å². The van der Waals surface area contributed by atoms with Gasteiger partial charge in [-0.15, -0.1) is 0 Å². The summed E-state index contributed by atoms with van der Waals surface area (Å²) in [4.78, 5) is 11.3. The number of hydrogen-bond acceptors (Lipinski definition) is 2. The summed E-state index contributed by atoms with van der Waals surface area (Å²) in [5.41, 5.74) is 5.86. The Morgan fingerprint density at radius 2 is 1.79 bits per heavy atom. The molecule has 2 nitrogen and oxygen atoms in total. The minimum absolute atomic E-state index is 0.290. The van der Waals surface area contributed by atoms with E-state index in [0.717, 1.165) is 5.57 Å². The van der Waals surface area contributed by atoms with Crippen LogP contribution in [0.1, 0.15) is 36.1 Å². The molecule has 0 atom stereocenters. The summed E-state index contributed by atoms with van der Waals surface area (Å²) in [5.74, 6) is -0.290. The summed E-state index contributed by atoms with van der Waals surface area (Å²) >= 11 is 0. The highest BCUT2D eigenvalue weighted by Gasteiger charge is 2.00. The number of rotatable bonds is 4. The van der Waals surface area contributed by atoms with E-state index in [9.17, 15) is 4.79 Å². The maximum absolute atomic E-state index is 11.3. The topological polar surface area (TPSA) is 26.3 Å².